The van der Waals surface area contributed by atoms with Crippen LogP contribution in [0.2, 0.25) is 5.02 Å². The maximum absolute atomic E-state index is 12.6. The first kappa shape index (κ1) is 9.49. The van der Waals surface area contributed by atoms with Gasteiger partial charge in [0.05, 0.1) is 0 Å². The van der Waals surface area contributed by atoms with Crippen molar-refractivity contribution < 1.29 is 4.39 Å². The first-order chi connectivity index (χ1) is 5.65. The van der Waals surface area contributed by atoms with Crippen LogP contribution in [0.25, 0.3) is 0 Å². The average molecular weight is 188 g/mol. The van der Waals surface area contributed by atoms with E-state index in [2.05, 4.69) is 0 Å². The SMILES string of the molecule is CC[C@H](N)c1ccc(F)cc1Cl. The molecule has 0 aliphatic heterocycles. The zero-order chi connectivity index (χ0) is 9.14. The van der Waals surface area contributed by atoms with E-state index in [9.17, 15) is 4.39 Å². The minimum Gasteiger partial charge on any atom is -0.324 e. The van der Waals surface area contributed by atoms with Gasteiger partial charge in [-0.1, -0.05) is 24.6 Å². The largest absolute Gasteiger partial charge is 0.324 e. The highest BCUT2D eigenvalue weighted by Gasteiger charge is 2.07. The molecule has 1 aromatic rings. The molecule has 1 atom stereocenters. The molecule has 2 N–H and O–H groups in total. The molecule has 0 unspecified atom stereocenters. The van der Waals surface area contributed by atoms with Gasteiger partial charge in [0.25, 0.3) is 0 Å². The van der Waals surface area contributed by atoms with Crippen molar-refractivity contribution in [2.24, 2.45) is 5.73 Å². The van der Waals surface area contributed by atoms with Crippen LogP contribution in [0.4, 0.5) is 4.39 Å². The van der Waals surface area contributed by atoms with Crippen LogP contribution < -0.4 is 5.73 Å². The highest BCUT2D eigenvalue weighted by Crippen LogP contribution is 2.23. The van der Waals surface area contributed by atoms with Crippen LogP contribution in [0.15, 0.2) is 18.2 Å². The van der Waals surface area contributed by atoms with E-state index in [0.717, 1.165) is 12.0 Å². The third-order valence-electron chi connectivity index (χ3n) is 1.80. The van der Waals surface area contributed by atoms with Gasteiger partial charge in [0, 0.05) is 11.1 Å². The van der Waals surface area contributed by atoms with Crippen molar-refractivity contribution in [1.82, 2.24) is 0 Å². The van der Waals surface area contributed by atoms with Crippen molar-refractivity contribution in [3.8, 4) is 0 Å². The van der Waals surface area contributed by atoms with Crippen molar-refractivity contribution >= 4 is 11.6 Å². The summed E-state index contributed by atoms with van der Waals surface area (Å²) in [4.78, 5) is 0. The van der Waals surface area contributed by atoms with Gasteiger partial charge in [-0.2, -0.15) is 0 Å². The number of benzene rings is 1. The molecule has 0 radical (unpaired) electrons. The van der Waals surface area contributed by atoms with Crippen molar-refractivity contribution in [3.63, 3.8) is 0 Å². The Kier molecular flexibility index (Phi) is 3.06. The summed E-state index contributed by atoms with van der Waals surface area (Å²) in [6.07, 6.45) is 0.797. The van der Waals surface area contributed by atoms with Crippen LogP contribution in [0.1, 0.15) is 24.9 Å². The van der Waals surface area contributed by atoms with Gasteiger partial charge in [-0.25, -0.2) is 4.39 Å². The molecule has 1 aromatic carbocycles. The molecule has 3 heteroatoms. The molecular weight excluding hydrogens is 177 g/mol. The van der Waals surface area contributed by atoms with E-state index in [1.54, 1.807) is 6.07 Å². The average Bonchev–Trinajstić information content (AvgIpc) is 2.03. The quantitative estimate of drug-likeness (QED) is 0.757. The predicted octanol–water partition coefficient (Wildman–Crippen LogP) is 2.89. The molecule has 12 heavy (non-hydrogen) atoms. The maximum atomic E-state index is 12.6. The normalized spacial score (nSPS) is 13.0. The Morgan fingerprint density at radius 3 is 2.75 bits per heavy atom. The summed E-state index contributed by atoms with van der Waals surface area (Å²) < 4.78 is 12.6. The van der Waals surface area contributed by atoms with Crippen molar-refractivity contribution in [2.45, 2.75) is 19.4 Å². The Labute approximate surface area is 76.3 Å². The van der Waals surface area contributed by atoms with E-state index in [-0.39, 0.29) is 11.9 Å². The molecule has 0 saturated heterocycles. The molecular formula is C9H11ClFN. The van der Waals surface area contributed by atoms with Gasteiger partial charge in [-0.15, -0.1) is 0 Å². The molecule has 0 heterocycles. The van der Waals surface area contributed by atoms with Gasteiger partial charge in [0.1, 0.15) is 5.82 Å². The lowest BCUT2D eigenvalue weighted by molar-refractivity contribution is 0.623. The maximum Gasteiger partial charge on any atom is 0.124 e. The van der Waals surface area contributed by atoms with Gasteiger partial charge >= 0.3 is 0 Å². The van der Waals surface area contributed by atoms with Gasteiger partial charge in [-0.05, 0) is 24.1 Å². The number of halogens is 2. The lowest BCUT2D eigenvalue weighted by atomic mass is 10.1. The van der Waals surface area contributed by atoms with Crippen LogP contribution in [0.3, 0.4) is 0 Å². The molecule has 0 aliphatic carbocycles. The van der Waals surface area contributed by atoms with Gasteiger partial charge in [-0.3, -0.25) is 0 Å². The fraction of sp³-hybridized carbons (Fsp3) is 0.333. The van der Waals surface area contributed by atoms with Crippen LogP contribution in [0, 0.1) is 5.82 Å². The summed E-state index contributed by atoms with van der Waals surface area (Å²) in [6.45, 7) is 1.96. The monoisotopic (exact) mass is 187 g/mol. The second-order valence-electron chi connectivity index (χ2n) is 2.68. The summed E-state index contributed by atoms with van der Waals surface area (Å²) in [5, 5.41) is 0.407. The van der Waals surface area contributed by atoms with E-state index in [4.69, 9.17) is 17.3 Å². The van der Waals surface area contributed by atoms with E-state index in [1.165, 1.54) is 12.1 Å². The predicted molar refractivity (Wildman–Crippen MR) is 48.6 cm³/mol. The second kappa shape index (κ2) is 3.87. The molecule has 66 valence electrons. The van der Waals surface area contributed by atoms with Crippen LogP contribution in [-0.2, 0) is 0 Å². The molecule has 0 aliphatic rings. The van der Waals surface area contributed by atoms with Gasteiger partial charge in [0.2, 0.25) is 0 Å². The molecule has 0 saturated carbocycles. The smallest absolute Gasteiger partial charge is 0.124 e. The Morgan fingerprint density at radius 2 is 2.25 bits per heavy atom. The summed E-state index contributed by atoms with van der Waals surface area (Å²) in [5.74, 6) is -0.327. The number of hydrogen-bond acceptors (Lipinski definition) is 1. The Bertz CT molecular complexity index is 275. The minimum absolute atomic E-state index is 0.0990. The molecule has 0 aromatic heterocycles. The zero-order valence-corrected chi connectivity index (χ0v) is 7.61. The topological polar surface area (TPSA) is 26.0 Å². The van der Waals surface area contributed by atoms with E-state index < -0.39 is 0 Å². The molecule has 1 nitrogen and oxygen atoms in total. The fourth-order valence-corrected chi connectivity index (χ4v) is 1.33. The lowest BCUT2D eigenvalue weighted by Gasteiger charge is -2.10. The van der Waals surface area contributed by atoms with Gasteiger partial charge < -0.3 is 5.73 Å². The van der Waals surface area contributed by atoms with E-state index in [1.807, 2.05) is 6.92 Å². The second-order valence-corrected chi connectivity index (χ2v) is 3.09. The third kappa shape index (κ3) is 1.96. The van der Waals surface area contributed by atoms with Crippen molar-refractivity contribution in [2.75, 3.05) is 0 Å². The lowest BCUT2D eigenvalue weighted by Crippen LogP contribution is -2.09. The summed E-state index contributed by atoms with van der Waals surface area (Å²) >= 11 is 5.78. The highest BCUT2D eigenvalue weighted by molar-refractivity contribution is 6.31. The molecule has 0 fully saturated rings. The fourth-order valence-electron chi connectivity index (χ4n) is 1.02. The third-order valence-corrected chi connectivity index (χ3v) is 2.13. The Balaban J connectivity index is 3.01. The molecule has 0 bridgehead atoms. The Morgan fingerprint density at radius 1 is 1.58 bits per heavy atom. The van der Waals surface area contributed by atoms with Crippen molar-refractivity contribution in [3.05, 3.63) is 34.6 Å². The standard InChI is InChI=1S/C9H11ClFN/c1-2-9(12)7-4-3-6(11)5-8(7)10/h3-5,9H,2,12H2,1H3/t9-/m0/s1. The number of rotatable bonds is 2. The highest BCUT2D eigenvalue weighted by atomic mass is 35.5. The first-order valence-corrected chi connectivity index (χ1v) is 4.23. The van der Waals surface area contributed by atoms with Crippen LogP contribution in [-0.4, -0.2) is 0 Å². The summed E-state index contributed by atoms with van der Waals surface area (Å²) in [6, 6.07) is 4.19. The summed E-state index contributed by atoms with van der Waals surface area (Å²) in [5.41, 5.74) is 6.54. The number of hydrogen-bond donors (Lipinski definition) is 1. The molecule has 0 spiro atoms. The zero-order valence-electron chi connectivity index (χ0n) is 6.85. The number of nitrogens with two attached hydrogens (primary N) is 1. The molecule has 0 amide bonds. The Hall–Kier alpha value is -0.600. The molecule has 1 rings (SSSR count). The van der Waals surface area contributed by atoms with Gasteiger partial charge in [0.15, 0.2) is 0 Å². The first-order valence-electron chi connectivity index (χ1n) is 3.85. The van der Waals surface area contributed by atoms with Crippen molar-refractivity contribution in [1.29, 1.82) is 0 Å². The minimum atomic E-state index is -0.327. The van der Waals surface area contributed by atoms with Crippen LogP contribution in [0.5, 0.6) is 0 Å². The van der Waals surface area contributed by atoms with E-state index >= 15 is 0 Å². The summed E-state index contributed by atoms with van der Waals surface area (Å²) in [7, 11) is 0. The van der Waals surface area contributed by atoms with E-state index in [0.29, 0.717) is 5.02 Å². The van der Waals surface area contributed by atoms with Crippen LogP contribution >= 0.6 is 11.6 Å².